The highest BCUT2D eigenvalue weighted by atomic mass is 16.3. The van der Waals surface area contributed by atoms with Crippen LogP contribution in [0.25, 0.3) is 22.6 Å². The van der Waals surface area contributed by atoms with Crippen LogP contribution in [0.3, 0.4) is 0 Å². The molecule has 1 atom stereocenters. The molecule has 4 heteroatoms. The third kappa shape index (κ3) is 4.37. The van der Waals surface area contributed by atoms with E-state index in [2.05, 4.69) is 36.3 Å². The summed E-state index contributed by atoms with van der Waals surface area (Å²) in [6, 6.07) is 23.5. The first-order valence-electron chi connectivity index (χ1n) is 9.97. The normalized spacial score (nSPS) is 12.1. The molecule has 0 aliphatic carbocycles. The number of rotatable bonds is 6. The lowest BCUT2D eigenvalue weighted by Gasteiger charge is -2.07. The summed E-state index contributed by atoms with van der Waals surface area (Å²) in [6.45, 7) is 4.39. The molecule has 0 radical (unpaired) electrons. The number of hydrogen-bond acceptors (Lipinski definition) is 3. The summed E-state index contributed by atoms with van der Waals surface area (Å²) in [5.74, 6) is 0.993. The van der Waals surface area contributed by atoms with Crippen molar-refractivity contribution < 1.29 is 9.21 Å². The highest BCUT2D eigenvalue weighted by Crippen LogP contribution is 2.29. The zero-order chi connectivity index (χ0) is 20.2. The minimum Gasteiger partial charge on any atom is -0.436 e. The van der Waals surface area contributed by atoms with Gasteiger partial charge in [-0.2, -0.15) is 0 Å². The maximum Gasteiger partial charge on any atom is 0.228 e. The van der Waals surface area contributed by atoms with Crippen LogP contribution in [0.1, 0.15) is 37.3 Å². The molecule has 1 heterocycles. The quantitative estimate of drug-likeness (QED) is 0.431. The van der Waals surface area contributed by atoms with E-state index in [0.717, 1.165) is 34.3 Å². The van der Waals surface area contributed by atoms with Crippen LogP contribution in [0.15, 0.2) is 77.2 Å². The van der Waals surface area contributed by atoms with Crippen LogP contribution in [0.4, 0.5) is 5.69 Å². The van der Waals surface area contributed by atoms with E-state index >= 15 is 0 Å². The fraction of sp³-hybridized carbons (Fsp3) is 0.200. The second kappa shape index (κ2) is 8.31. The van der Waals surface area contributed by atoms with Gasteiger partial charge in [-0.15, -0.1) is 0 Å². The van der Waals surface area contributed by atoms with Crippen LogP contribution in [0.2, 0.25) is 0 Å². The van der Waals surface area contributed by atoms with Gasteiger partial charge in [0, 0.05) is 11.3 Å². The van der Waals surface area contributed by atoms with Gasteiger partial charge < -0.3 is 9.73 Å². The number of hydrogen-bond donors (Lipinski definition) is 1. The molecule has 0 aliphatic rings. The topological polar surface area (TPSA) is 55.1 Å². The van der Waals surface area contributed by atoms with E-state index in [1.165, 1.54) is 5.56 Å². The van der Waals surface area contributed by atoms with Crippen LogP contribution in [-0.2, 0) is 11.2 Å². The third-order valence-electron chi connectivity index (χ3n) is 5.19. The lowest BCUT2D eigenvalue weighted by Crippen LogP contribution is -2.14. The summed E-state index contributed by atoms with van der Waals surface area (Å²) in [5.41, 5.74) is 5.44. The monoisotopic (exact) mass is 384 g/mol. The summed E-state index contributed by atoms with van der Waals surface area (Å²) in [7, 11) is 0. The van der Waals surface area contributed by atoms with Crippen molar-refractivity contribution in [2.45, 2.75) is 32.6 Å². The minimum absolute atomic E-state index is 0.0517. The zero-order valence-electron chi connectivity index (χ0n) is 16.7. The number of aromatic nitrogens is 1. The molecule has 0 bridgehead atoms. The first kappa shape index (κ1) is 18.9. The van der Waals surface area contributed by atoms with E-state index in [-0.39, 0.29) is 5.91 Å². The molecule has 0 unspecified atom stereocenters. The Bertz CT molecular complexity index is 1130. The van der Waals surface area contributed by atoms with Crippen molar-refractivity contribution in [3.05, 3.63) is 83.9 Å². The van der Waals surface area contributed by atoms with Crippen LogP contribution < -0.4 is 5.32 Å². The average Bonchev–Trinajstić information content (AvgIpc) is 3.17. The molecule has 0 aliphatic heterocycles. The van der Waals surface area contributed by atoms with Gasteiger partial charge in [0.15, 0.2) is 5.58 Å². The van der Waals surface area contributed by atoms with Crippen LogP contribution in [-0.4, -0.2) is 10.9 Å². The lowest BCUT2D eigenvalue weighted by molar-refractivity contribution is -0.115. The molecular formula is C25H24N2O2. The van der Waals surface area contributed by atoms with E-state index < -0.39 is 0 Å². The predicted octanol–water partition coefficient (Wildman–Crippen LogP) is 6.19. The summed E-state index contributed by atoms with van der Waals surface area (Å²) in [5, 5.41) is 2.96. The summed E-state index contributed by atoms with van der Waals surface area (Å²) < 4.78 is 5.95. The number of carbonyl (C=O) groups is 1. The minimum atomic E-state index is -0.0517. The Balaban J connectivity index is 1.54. The Kier molecular flexibility index (Phi) is 5.43. The maximum absolute atomic E-state index is 12.4. The van der Waals surface area contributed by atoms with E-state index in [1.54, 1.807) is 0 Å². The maximum atomic E-state index is 12.4. The first-order valence-corrected chi connectivity index (χ1v) is 9.97. The average molecular weight is 384 g/mol. The van der Waals surface area contributed by atoms with Gasteiger partial charge in [0.05, 0.1) is 6.42 Å². The van der Waals surface area contributed by atoms with Gasteiger partial charge in [-0.1, -0.05) is 56.3 Å². The number of fused-ring (bicyclic) bond motifs is 1. The summed E-state index contributed by atoms with van der Waals surface area (Å²) >= 11 is 0. The van der Waals surface area contributed by atoms with Gasteiger partial charge >= 0.3 is 0 Å². The Morgan fingerprint density at radius 3 is 2.66 bits per heavy atom. The van der Waals surface area contributed by atoms with Crippen molar-refractivity contribution in [2.75, 3.05) is 5.32 Å². The second-order valence-corrected chi connectivity index (χ2v) is 7.35. The zero-order valence-corrected chi connectivity index (χ0v) is 16.7. The highest BCUT2D eigenvalue weighted by molar-refractivity contribution is 5.92. The molecule has 4 aromatic rings. The third-order valence-corrected chi connectivity index (χ3v) is 5.19. The van der Waals surface area contributed by atoms with Gasteiger partial charge in [0.2, 0.25) is 11.8 Å². The first-order chi connectivity index (χ1) is 14.1. The van der Waals surface area contributed by atoms with E-state index in [1.807, 2.05) is 60.7 Å². The number of benzene rings is 3. The number of carbonyl (C=O) groups excluding carboxylic acids is 1. The van der Waals surface area contributed by atoms with Crippen molar-refractivity contribution in [2.24, 2.45) is 0 Å². The van der Waals surface area contributed by atoms with Crippen LogP contribution in [0.5, 0.6) is 0 Å². The predicted molar refractivity (Wildman–Crippen MR) is 117 cm³/mol. The molecule has 146 valence electrons. The molecular weight excluding hydrogens is 360 g/mol. The largest absolute Gasteiger partial charge is 0.436 e. The van der Waals surface area contributed by atoms with Gasteiger partial charge in [-0.05, 0) is 53.8 Å². The lowest BCUT2D eigenvalue weighted by atomic mass is 9.98. The highest BCUT2D eigenvalue weighted by Gasteiger charge is 2.12. The summed E-state index contributed by atoms with van der Waals surface area (Å²) in [4.78, 5) is 17.0. The number of nitrogens with one attached hydrogen (secondary N) is 1. The molecule has 4 rings (SSSR count). The van der Waals surface area contributed by atoms with Crippen molar-refractivity contribution in [1.82, 2.24) is 4.98 Å². The van der Waals surface area contributed by atoms with E-state index in [9.17, 15) is 4.79 Å². The number of amides is 1. The van der Waals surface area contributed by atoms with Gasteiger partial charge in [0.25, 0.3) is 0 Å². The SMILES string of the molecule is CC[C@H](C)c1ccc2oc(-c3cccc(NC(=O)Cc4ccccc4)c3)nc2c1. The Hall–Kier alpha value is -3.40. The smallest absolute Gasteiger partial charge is 0.228 e. The molecule has 3 aromatic carbocycles. The fourth-order valence-electron chi connectivity index (χ4n) is 3.33. The summed E-state index contributed by atoms with van der Waals surface area (Å²) in [6.07, 6.45) is 1.42. The van der Waals surface area contributed by atoms with Crippen molar-refractivity contribution in [3.63, 3.8) is 0 Å². The van der Waals surface area contributed by atoms with E-state index in [4.69, 9.17) is 4.42 Å². The van der Waals surface area contributed by atoms with Crippen molar-refractivity contribution in [1.29, 1.82) is 0 Å². The van der Waals surface area contributed by atoms with Crippen LogP contribution in [0, 0.1) is 0 Å². The fourth-order valence-corrected chi connectivity index (χ4v) is 3.33. The molecule has 0 fully saturated rings. The molecule has 0 saturated heterocycles. The van der Waals surface area contributed by atoms with Gasteiger partial charge in [0.1, 0.15) is 5.52 Å². The molecule has 4 nitrogen and oxygen atoms in total. The van der Waals surface area contributed by atoms with Crippen molar-refractivity contribution in [3.8, 4) is 11.5 Å². The number of oxazole rings is 1. The van der Waals surface area contributed by atoms with Gasteiger partial charge in [-0.25, -0.2) is 4.98 Å². The Morgan fingerprint density at radius 1 is 1.03 bits per heavy atom. The molecule has 0 spiro atoms. The Morgan fingerprint density at radius 2 is 1.86 bits per heavy atom. The molecule has 1 N–H and O–H groups in total. The van der Waals surface area contributed by atoms with Crippen molar-refractivity contribution >= 4 is 22.7 Å². The molecule has 29 heavy (non-hydrogen) atoms. The van der Waals surface area contributed by atoms with E-state index in [0.29, 0.717) is 18.2 Å². The molecule has 1 amide bonds. The molecule has 0 saturated carbocycles. The second-order valence-electron chi connectivity index (χ2n) is 7.35. The number of nitrogens with zero attached hydrogens (tertiary/aromatic N) is 1. The number of anilines is 1. The Labute approximate surface area is 170 Å². The van der Waals surface area contributed by atoms with Crippen LogP contribution >= 0.6 is 0 Å². The standard InChI is InChI=1S/C25H24N2O2/c1-3-17(2)19-12-13-23-22(16-19)27-25(29-23)20-10-7-11-21(15-20)26-24(28)14-18-8-5-4-6-9-18/h4-13,15-17H,3,14H2,1-2H3,(H,26,28)/t17-/m0/s1. The van der Waals surface area contributed by atoms with Gasteiger partial charge in [-0.3, -0.25) is 4.79 Å². The molecule has 1 aromatic heterocycles.